The minimum absolute atomic E-state index is 0.202. The molecule has 5 nitrogen and oxygen atoms in total. The zero-order valence-corrected chi connectivity index (χ0v) is 7.40. The first-order valence-electron chi connectivity index (χ1n) is 4.22. The molecular weight excluding hydrogens is 168 g/mol. The molecule has 1 saturated carbocycles. The van der Waals surface area contributed by atoms with E-state index in [0.29, 0.717) is 5.92 Å². The maximum absolute atomic E-state index is 10.5. The highest BCUT2D eigenvalue weighted by Gasteiger charge is 2.40. The van der Waals surface area contributed by atoms with Crippen molar-refractivity contribution in [3.63, 3.8) is 0 Å². The maximum atomic E-state index is 10.5. The average molecular weight is 180 g/mol. The molecule has 1 fully saturated rings. The van der Waals surface area contributed by atoms with Crippen molar-refractivity contribution in [2.24, 2.45) is 12.8 Å². The molecule has 0 radical (unpaired) electrons. The second kappa shape index (κ2) is 2.76. The smallest absolute Gasteiger partial charge is 0.312 e. The fourth-order valence-corrected chi connectivity index (χ4v) is 1.61. The fraction of sp³-hybridized carbons (Fsp3) is 0.500. The van der Waals surface area contributed by atoms with Gasteiger partial charge in [-0.2, -0.15) is 5.10 Å². The number of rotatable bonds is 2. The van der Waals surface area contributed by atoms with Gasteiger partial charge in [0.25, 0.3) is 0 Å². The molecule has 1 aliphatic carbocycles. The largest absolute Gasteiger partial charge is 0.352 e. The molecule has 1 aromatic rings. The molecule has 0 aliphatic heterocycles. The topological polar surface area (TPSA) is 72.9 Å². The van der Waals surface area contributed by atoms with Gasteiger partial charge in [-0.3, -0.25) is 4.68 Å². The summed E-state index contributed by atoms with van der Waals surface area (Å²) in [6.45, 7) is 0. The van der Waals surface area contributed by atoms with Crippen LogP contribution in [0.15, 0.2) is 12.3 Å². The molecule has 1 aromatic heterocycles. The molecule has 5 heteroatoms. The SMILES string of the molecule is Cn1nccc1[C@@H]1C[C@H]1NC(N)=O. The Kier molecular flexibility index (Phi) is 1.72. The normalized spacial score (nSPS) is 25.6. The average Bonchev–Trinajstić information content (AvgIpc) is 2.63. The summed E-state index contributed by atoms with van der Waals surface area (Å²) >= 11 is 0. The van der Waals surface area contributed by atoms with Crippen molar-refractivity contribution in [2.45, 2.75) is 18.4 Å². The van der Waals surface area contributed by atoms with Crippen LogP contribution in [0.5, 0.6) is 0 Å². The molecular formula is C8H12N4O. The van der Waals surface area contributed by atoms with Gasteiger partial charge in [0.05, 0.1) is 0 Å². The van der Waals surface area contributed by atoms with Crippen molar-refractivity contribution in [1.82, 2.24) is 15.1 Å². The van der Waals surface area contributed by atoms with Gasteiger partial charge in [0.1, 0.15) is 0 Å². The molecule has 0 spiro atoms. The van der Waals surface area contributed by atoms with Gasteiger partial charge >= 0.3 is 6.03 Å². The Morgan fingerprint density at radius 2 is 2.62 bits per heavy atom. The number of amides is 2. The summed E-state index contributed by atoms with van der Waals surface area (Å²) in [6.07, 6.45) is 2.72. The zero-order chi connectivity index (χ0) is 9.42. The van der Waals surface area contributed by atoms with Crippen molar-refractivity contribution in [3.8, 4) is 0 Å². The molecule has 0 unspecified atom stereocenters. The second-order valence-corrected chi connectivity index (χ2v) is 3.34. The van der Waals surface area contributed by atoms with Crippen LogP contribution in [0, 0.1) is 0 Å². The Bertz CT molecular complexity index is 333. The van der Waals surface area contributed by atoms with Gasteiger partial charge in [-0.1, -0.05) is 0 Å². The van der Waals surface area contributed by atoms with Gasteiger partial charge in [-0.15, -0.1) is 0 Å². The van der Waals surface area contributed by atoms with E-state index in [1.165, 1.54) is 0 Å². The van der Waals surface area contributed by atoms with Crippen LogP contribution >= 0.6 is 0 Å². The number of hydrogen-bond acceptors (Lipinski definition) is 2. The standard InChI is InChI=1S/C8H12N4O/c1-12-7(2-3-10-12)5-4-6(5)11-8(9)13/h2-3,5-6H,4H2,1H3,(H3,9,11,13)/t5-,6-/m1/s1. The van der Waals surface area contributed by atoms with Crippen LogP contribution in [0.1, 0.15) is 18.0 Å². The van der Waals surface area contributed by atoms with E-state index >= 15 is 0 Å². The number of carbonyl (C=O) groups is 1. The number of carbonyl (C=O) groups excluding carboxylic acids is 1. The number of nitrogens with zero attached hydrogens (tertiary/aromatic N) is 2. The van der Waals surface area contributed by atoms with E-state index in [2.05, 4.69) is 10.4 Å². The number of urea groups is 1. The molecule has 2 amide bonds. The Balaban J connectivity index is 2.00. The van der Waals surface area contributed by atoms with Gasteiger partial charge in [0, 0.05) is 30.9 Å². The molecule has 13 heavy (non-hydrogen) atoms. The Morgan fingerprint density at radius 1 is 1.85 bits per heavy atom. The maximum Gasteiger partial charge on any atom is 0.312 e. The van der Waals surface area contributed by atoms with Gasteiger partial charge in [0.2, 0.25) is 0 Å². The van der Waals surface area contributed by atoms with Crippen molar-refractivity contribution >= 4 is 6.03 Å². The molecule has 2 atom stereocenters. The monoisotopic (exact) mass is 180 g/mol. The highest BCUT2D eigenvalue weighted by atomic mass is 16.2. The lowest BCUT2D eigenvalue weighted by Crippen LogP contribution is -2.31. The summed E-state index contributed by atoms with van der Waals surface area (Å²) in [5, 5.41) is 6.74. The highest BCUT2D eigenvalue weighted by Crippen LogP contribution is 2.40. The van der Waals surface area contributed by atoms with E-state index in [4.69, 9.17) is 5.73 Å². The molecule has 0 saturated heterocycles. The lowest BCUT2D eigenvalue weighted by Gasteiger charge is -2.01. The first-order chi connectivity index (χ1) is 6.18. The van der Waals surface area contributed by atoms with Crippen LogP contribution in [0.3, 0.4) is 0 Å². The van der Waals surface area contributed by atoms with E-state index < -0.39 is 6.03 Å². The van der Waals surface area contributed by atoms with Crippen LogP contribution in [-0.4, -0.2) is 21.9 Å². The van der Waals surface area contributed by atoms with E-state index in [1.807, 2.05) is 17.8 Å². The molecule has 1 heterocycles. The predicted octanol–water partition coefficient (Wildman–Crippen LogP) is -0.0557. The number of nitrogens with two attached hydrogens (primary N) is 1. The van der Waals surface area contributed by atoms with Crippen LogP contribution in [0.25, 0.3) is 0 Å². The molecule has 0 aromatic carbocycles. The van der Waals surface area contributed by atoms with Gasteiger partial charge in [0.15, 0.2) is 0 Å². The molecule has 2 rings (SSSR count). The summed E-state index contributed by atoms with van der Waals surface area (Å²) < 4.78 is 1.83. The Labute approximate surface area is 75.9 Å². The van der Waals surface area contributed by atoms with Gasteiger partial charge in [-0.25, -0.2) is 4.79 Å². The van der Waals surface area contributed by atoms with E-state index in [0.717, 1.165) is 12.1 Å². The van der Waals surface area contributed by atoms with Crippen molar-refractivity contribution in [3.05, 3.63) is 18.0 Å². The lowest BCUT2D eigenvalue weighted by molar-refractivity contribution is 0.248. The Hall–Kier alpha value is -1.52. The second-order valence-electron chi connectivity index (χ2n) is 3.34. The first kappa shape index (κ1) is 8.10. The summed E-state index contributed by atoms with van der Waals surface area (Å²) in [4.78, 5) is 10.5. The van der Waals surface area contributed by atoms with Crippen LogP contribution in [-0.2, 0) is 7.05 Å². The van der Waals surface area contributed by atoms with Crippen LogP contribution in [0.4, 0.5) is 4.79 Å². The molecule has 70 valence electrons. The predicted molar refractivity (Wildman–Crippen MR) is 47.1 cm³/mol. The number of hydrogen-bond donors (Lipinski definition) is 2. The Morgan fingerprint density at radius 3 is 3.15 bits per heavy atom. The van der Waals surface area contributed by atoms with Crippen molar-refractivity contribution in [2.75, 3.05) is 0 Å². The quantitative estimate of drug-likeness (QED) is 0.669. The zero-order valence-electron chi connectivity index (χ0n) is 7.40. The summed E-state index contributed by atoms with van der Waals surface area (Å²) in [6, 6.07) is 1.72. The van der Waals surface area contributed by atoms with Crippen molar-refractivity contribution in [1.29, 1.82) is 0 Å². The minimum atomic E-state index is -0.449. The summed E-state index contributed by atoms with van der Waals surface area (Å²) in [5.41, 5.74) is 6.17. The lowest BCUT2D eigenvalue weighted by atomic mass is 10.3. The third kappa shape index (κ3) is 1.49. The minimum Gasteiger partial charge on any atom is -0.352 e. The van der Waals surface area contributed by atoms with E-state index in [9.17, 15) is 4.79 Å². The highest BCUT2D eigenvalue weighted by molar-refractivity contribution is 5.72. The third-order valence-corrected chi connectivity index (χ3v) is 2.36. The number of primary amides is 1. The van der Waals surface area contributed by atoms with E-state index in [-0.39, 0.29) is 6.04 Å². The van der Waals surface area contributed by atoms with Gasteiger partial charge < -0.3 is 11.1 Å². The number of aromatic nitrogens is 2. The first-order valence-corrected chi connectivity index (χ1v) is 4.22. The number of aryl methyl sites for hydroxylation is 1. The van der Waals surface area contributed by atoms with Crippen LogP contribution < -0.4 is 11.1 Å². The summed E-state index contributed by atoms with van der Waals surface area (Å²) in [5.74, 6) is 0.389. The molecule has 3 N–H and O–H groups in total. The van der Waals surface area contributed by atoms with E-state index in [1.54, 1.807) is 6.20 Å². The summed E-state index contributed by atoms with van der Waals surface area (Å²) in [7, 11) is 1.90. The van der Waals surface area contributed by atoms with Gasteiger partial charge in [-0.05, 0) is 12.5 Å². The van der Waals surface area contributed by atoms with Crippen molar-refractivity contribution < 1.29 is 4.79 Å². The molecule has 0 bridgehead atoms. The molecule has 1 aliphatic rings. The third-order valence-electron chi connectivity index (χ3n) is 2.36. The number of nitrogens with one attached hydrogen (secondary N) is 1. The fourth-order valence-electron chi connectivity index (χ4n) is 1.61. The van der Waals surface area contributed by atoms with Crippen LogP contribution in [0.2, 0.25) is 0 Å².